The second-order valence-electron chi connectivity index (χ2n) is 6.47. The van der Waals surface area contributed by atoms with Crippen molar-refractivity contribution in [3.8, 4) is 0 Å². The maximum absolute atomic E-state index is 12.2. The first-order valence-corrected chi connectivity index (χ1v) is 7.84. The minimum absolute atomic E-state index is 0.0403. The fraction of sp³-hybridized carbons (Fsp3) is 0.312. The van der Waals surface area contributed by atoms with E-state index < -0.39 is 0 Å². The van der Waals surface area contributed by atoms with Crippen molar-refractivity contribution in [2.75, 3.05) is 6.54 Å². The van der Waals surface area contributed by atoms with Crippen molar-refractivity contribution in [3.05, 3.63) is 34.8 Å². The number of hydrogen-bond donors (Lipinski definition) is 1. The topological polar surface area (TPSA) is 63.5 Å². The molecule has 3 rings (SSSR count). The molecule has 114 valence electrons. The lowest BCUT2D eigenvalue weighted by Crippen LogP contribution is -2.31. The van der Waals surface area contributed by atoms with Crippen molar-refractivity contribution in [1.29, 1.82) is 0 Å². The van der Waals surface area contributed by atoms with Gasteiger partial charge in [0.25, 0.3) is 5.91 Å². The fourth-order valence-corrected chi connectivity index (χ4v) is 3.05. The third kappa shape index (κ3) is 2.74. The maximum Gasteiger partial charge on any atom is 0.263 e. The van der Waals surface area contributed by atoms with Crippen molar-refractivity contribution in [2.45, 2.75) is 20.8 Å². The molecule has 1 amide bonds. The molecule has 0 saturated heterocycles. The summed E-state index contributed by atoms with van der Waals surface area (Å²) < 4.78 is 1.86. The number of aldehydes is 1. The largest absolute Gasteiger partial charge is 0.351 e. The minimum Gasteiger partial charge on any atom is -0.351 e. The summed E-state index contributed by atoms with van der Waals surface area (Å²) in [5.41, 5.74) is 2.29. The molecule has 2 heterocycles. The Morgan fingerprint density at radius 3 is 2.86 bits per heavy atom. The second-order valence-corrected chi connectivity index (χ2v) is 7.48. The number of carbonyl (C=O) groups is 2. The van der Waals surface area contributed by atoms with Crippen LogP contribution in [0.1, 0.15) is 40.8 Å². The van der Waals surface area contributed by atoms with Gasteiger partial charge in [-0.2, -0.15) is 0 Å². The van der Waals surface area contributed by atoms with Gasteiger partial charge in [0.1, 0.15) is 11.2 Å². The highest BCUT2D eigenvalue weighted by molar-refractivity contribution is 7.18. The van der Waals surface area contributed by atoms with Crippen molar-refractivity contribution >= 4 is 39.5 Å². The zero-order valence-corrected chi connectivity index (χ0v) is 13.5. The summed E-state index contributed by atoms with van der Waals surface area (Å²) in [7, 11) is 0. The minimum atomic E-state index is -0.0925. The Hall–Kier alpha value is -2.21. The average Bonchev–Trinajstić information content (AvgIpc) is 3.01. The lowest BCUT2D eigenvalue weighted by molar-refractivity contribution is 0.0943. The van der Waals surface area contributed by atoms with Gasteiger partial charge in [-0.05, 0) is 23.6 Å². The zero-order chi connectivity index (χ0) is 15.9. The van der Waals surface area contributed by atoms with Crippen LogP contribution in [0, 0.1) is 5.41 Å². The van der Waals surface area contributed by atoms with Crippen molar-refractivity contribution in [1.82, 2.24) is 14.7 Å². The molecule has 0 bridgehead atoms. The van der Waals surface area contributed by atoms with Crippen molar-refractivity contribution in [3.63, 3.8) is 0 Å². The van der Waals surface area contributed by atoms with Gasteiger partial charge in [0.2, 0.25) is 0 Å². The number of hydrogen-bond acceptors (Lipinski definition) is 4. The van der Waals surface area contributed by atoms with Crippen LogP contribution in [-0.4, -0.2) is 28.1 Å². The van der Waals surface area contributed by atoms with Gasteiger partial charge in [-0.25, -0.2) is 4.98 Å². The number of rotatable bonds is 3. The summed E-state index contributed by atoms with van der Waals surface area (Å²) in [6.07, 6.45) is 2.59. The molecule has 0 fully saturated rings. The lowest BCUT2D eigenvalue weighted by atomic mass is 9.97. The summed E-state index contributed by atoms with van der Waals surface area (Å²) in [5.74, 6) is -0.0925. The molecule has 5 nitrogen and oxygen atoms in total. The number of fused-ring (bicyclic) bond motifs is 3. The second kappa shape index (κ2) is 5.21. The molecule has 0 aliphatic carbocycles. The first-order chi connectivity index (χ1) is 10.4. The smallest absolute Gasteiger partial charge is 0.263 e. The highest BCUT2D eigenvalue weighted by atomic mass is 32.1. The number of imidazole rings is 1. The van der Waals surface area contributed by atoms with Crippen LogP contribution in [0.2, 0.25) is 0 Å². The van der Waals surface area contributed by atoms with E-state index in [4.69, 9.17) is 0 Å². The summed E-state index contributed by atoms with van der Waals surface area (Å²) in [4.78, 5) is 29.0. The Bertz CT molecular complexity index is 871. The molecule has 0 aliphatic heterocycles. The van der Waals surface area contributed by atoms with E-state index in [9.17, 15) is 9.59 Å². The Labute approximate surface area is 132 Å². The van der Waals surface area contributed by atoms with Crippen LogP contribution in [0.3, 0.4) is 0 Å². The van der Waals surface area contributed by atoms with Crippen molar-refractivity contribution < 1.29 is 9.59 Å². The molecule has 2 aromatic heterocycles. The molecule has 0 aliphatic rings. The standard InChI is InChI=1S/C16H17N3O2S/c1-16(2,3)9-17-14(21)13-7-19-12-6-10(8-20)4-5-11(12)18-15(19)22-13/h4-8H,9H2,1-3H3,(H,17,21). The molecular weight excluding hydrogens is 298 g/mol. The van der Waals surface area contributed by atoms with Gasteiger partial charge in [0, 0.05) is 18.3 Å². The maximum atomic E-state index is 12.2. The van der Waals surface area contributed by atoms with Crippen molar-refractivity contribution in [2.24, 2.45) is 5.41 Å². The van der Waals surface area contributed by atoms with Gasteiger partial charge in [0.05, 0.1) is 11.0 Å². The Morgan fingerprint density at radius 2 is 2.18 bits per heavy atom. The molecule has 22 heavy (non-hydrogen) atoms. The third-order valence-corrected chi connectivity index (χ3v) is 4.25. The third-order valence-electron chi connectivity index (χ3n) is 3.27. The number of nitrogens with one attached hydrogen (secondary N) is 1. The Balaban J connectivity index is 1.96. The molecule has 6 heteroatoms. The van der Waals surface area contributed by atoms with Crippen LogP contribution in [0.4, 0.5) is 0 Å². The first kappa shape index (κ1) is 14.7. The monoisotopic (exact) mass is 315 g/mol. The number of benzene rings is 1. The van der Waals surface area contributed by atoms with Gasteiger partial charge in [-0.3, -0.25) is 14.0 Å². The van der Waals surface area contributed by atoms with Crippen LogP contribution >= 0.6 is 11.3 Å². The summed E-state index contributed by atoms with van der Waals surface area (Å²) >= 11 is 1.35. The molecule has 0 atom stereocenters. The fourth-order valence-electron chi connectivity index (χ4n) is 2.14. The number of carbonyl (C=O) groups excluding carboxylic acids is 2. The molecule has 0 radical (unpaired) electrons. The highest BCUT2D eigenvalue weighted by Crippen LogP contribution is 2.24. The predicted octanol–water partition coefficient (Wildman–Crippen LogP) is 3.14. The SMILES string of the molecule is CC(C)(C)CNC(=O)c1cn2c(nc3ccc(C=O)cc32)s1. The molecule has 0 spiro atoms. The van der Waals surface area contributed by atoms with E-state index in [1.807, 2.05) is 10.5 Å². The van der Waals surface area contributed by atoms with Gasteiger partial charge < -0.3 is 5.32 Å². The zero-order valence-electron chi connectivity index (χ0n) is 12.7. The van der Waals surface area contributed by atoms with Crippen LogP contribution in [0.15, 0.2) is 24.4 Å². The van der Waals surface area contributed by atoms with Crippen LogP contribution in [0.25, 0.3) is 16.0 Å². The highest BCUT2D eigenvalue weighted by Gasteiger charge is 2.17. The number of aromatic nitrogens is 2. The number of nitrogens with zero attached hydrogens (tertiary/aromatic N) is 2. The molecular formula is C16H17N3O2S. The molecule has 1 N–H and O–H groups in total. The summed E-state index contributed by atoms with van der Waals surface area (Å²) in [6.45, 7) is 6.83. The van der Waals surface area contributed by atoms with Crippen LogP contribution in [0.5, 0.6) is 0 Å². The average molecular weight is 315 g/mol. The van der Waals surface area contributed by atoms with E-state index >= 15 is 0 Å². The van der Waals surface area contributed by atoms with E-state index in [2.05, 4.69) is 31.1 Å². The Morgan fingerprint density at radius 1 is 1.41 bits per heavy atom. The normalized spacial score (nSPS) is 12.0. The first-order valence-electron chi connectivity index (χ1n) is 7.02. The van der Waals surface area contributed by atoms with Crippen LogP contribution < -0.4 is 5.32 Å². The van der Waals surface area contributed by atoms with Crippen LogP contribution in [-0.2, 0) is 0 Å². The predicted molar refractivity (Wildman–Crippen MR) is 87.8 cm³/mol. The Kier molecular flexibility index (Phi) is 3.48. The summed E-state index contributed by atoms with van der Waals surface area (Å²) in [6, 6.07) is 5.34. The van der Waals surface area contributed by atoms with E-state index in [1.54, 1.807) is 18.3 Å². The van der Waals surface area contributed by atoms with E-state index in [0.29, 0.717) is 17.0 Å². The lowest BCUT2D eigenvalue weighted by Gasteiger charge is -2.18. The molecule has 0 unspecified atom stereocenters. The molecule has 0 saturated carbocycles. The molecule has 1 aromatic carbocycles. The van der Waals surface area contributed by atoms with Gasteiger partial charge >= 0.3 is 0 Å². The number of amides is 1. The quantitative estimate of drug-likeness (QED) is 0.755. The van der Waals surface area contributed by atoms with E-state index in [-0.39, 0.29) is 11.3 Å². The van der Waals surface area contributed by atoms with Gasteiger partial charge in [-0.1, -0.05) is 32.1 Å². The molecule has 3 aromatic rings. The van der Waals surface area contributed by atoms with E-state index in [1.165, 1.54) is 11.3 Å². The van der Waals surface area contributed by atoms with Gasteiger partial charge in [-0.15, -0.1) is 0 Å². The van der Waals surface area contributed by atoms with Gasteiger partial charge in [0.15, 0.2) is 4.96 Å². The number of thiazole rings is 1. The summed E-state index contributed by atoms with van der Waals surface area (Å²) in [5, 5.41) is 2.93. The van der Waals surface area contributed by atoms with E-state index in [0.717, 1.165) is 22.3 Å².